The number of rotatable bonds is 1. The average molecular weight is 412 g/mol. The number of aromatic nitrogens is 1. The van der Waals surface area contributed by atoms with Gasteiger partial charge < -0.3 is 9.72 Å². The first-order chi connectivity index (χ1) is 7.50. The van der Waals surface area contributed by atoms with Crippen LogP contribution in [0.25, 0.3) is 10.9 Å². The lowest BCUT2D eigenvalue weighted by atomic mass is 10.2. The number of benzene rings is 1. The predicted molar refractivity (Wildman–Crippen MR) is 72.7 cm³/mol. The molecule has 84 valence electrons. The minimum Gasteiger partial charge on any atom is -0.424 e. The third-order valence-corrected chi connectivity index (χ3v) is 5.33. The van der Waals surface area contributed by atoms with Gasteiger partial charge in [-0.2, -0.15) is 0 Å². The van der Waals surface area contributed by atoms with Gasteiger partial charge >= 0.3 is 5.97 Å². The molecule has 3 nitrogen and oxygen atoms in total. The highest BCUT2D eigenvalue weighted by molar-refractivity contribution is 9.14. The molecule has 0 atom stereocenters. The Kier molecular flexibility index (Phi) is 3.42. The number of H-pyrrole nitrogens is 1. The summed E-state index contributed by atoms with van der Waals surface area (Å²) in [6.07, 6.45) is 1.66. The van der Waals surface area contributed by atoms with Crippen LogP contribution in [-0.4, -0.2) is 11.0 Å². The van der Waals surface area contributed by atoms with Crippen molar-refractivity contribution in [3.05, 3.63) is 25.7 Å². The molecule has 16 heavy (non-hydrogen) atoms. The van der Waals surface area contributed by atoms with Crippen molar-refractivity contribution in [3.8, 4) is 5.75 Å². The van der Waals surface area contributed by atoms with E-state index < -0.39 is 0 Å². The molecule has 1 N–H and O–H groups in total. The Hall–Kier alpha value is -0.330. The van der Waals surface area contributed by atoms with Crippen molar-refractivity contribution in [1.82, 2.24) is 4.98 Å². The Morgan fingerprint density at radius 2 is 2.00 bits per heavy atom. The minimum atomic E-state index is -0.341. The number of esters is 1. The maximum Gasteiger partial charge on any atom is 0.308 e. The van der Waals surface area contributed by atoms with Crippen molar-refractivity contribution < 1.29 is 9.53 Å². The summed E-state index contributed by atoms with van der Waals surface area (Å²) in [4.78, 5) is 14.0. The zero-order chi connectivity index (χ0) is 11.9. The smallest absolute Gasteiger partial charge is 0.308 e. The van der Waals surface area contributed by atoms with Crippen LogP contribution < -0.4 is 4.74 Å². The first-order valence-corrected chi connectivity index (χ1v) is 6.71. The van der Waals surface area contributed by atoms with Gasteiger partial charge in [-0.3, -0.25) is 4.79 Å². The topological polar surface area (TPSA) is 42.1 Å². The van der Waals surface area contributed by atoms with Crippen molar-refractivity contribution in [2.75, 3.05) is 0 Å². The molecule has 0 aliphatic heterocycles. The van der Waals surface area contributed by atoms with Crippen molar-refractivity contribution >= 4 is 64.7 Å². The minimum absolute atomic E-state index is 0.341. The van der Waals surface area contributed by atoms with Gasteiger partial charge in [-0.1, -0.05) is 0 Å². The van der Waals surface area contributed by atoms with E-state index in [-0.39, 0.29) is 5.97 Å². The molecule has 1 aromatic carbocycles. The molecule has 0 saturated heterocycles. The van der Waals surface area contributed by atoms with E-state index in [0.717, 1.165) is 24.3 Å². The molecule has 0 saturated carbocycles. The zero-order valence-corrected chi connectivity index (χ0v) is 12.9. The number of aromatic amines is 1. The third kappa shape index (κ3) is 2.06. The summed E-state index contributed by atoms with van der Waals surface area (Å²) in [6.45, 7) is 1.38. The standard InChI is InChI=1S/C10H6Br3NO2/c1-4(15)16-7-3-14-6-2-5(11)9(12)10(13)8(6)7/h2-3,14H,1H3. The summed E-state index contributed by atoms with van der Waals surface area (Å²) in [5.41, 5.74) is 0.887. The molecule has 0 unspecified atom stereocenters. The molecule has 0 fully saturated rings. The molecule has 0 radical (unpaired) electrons. The number of carbonyl (C=O) groups is 1. The van der Waals surface area contributed by atoms with Crippen LogP contribution in [0, 0.1) is 0 Å². The van der Waals surface area contributed by atoms with Crippen LogP contribution in [0.15, 0.2) is 25.7 Å². The number of hydrogen-bond donors (Lipinski definition) is 1. The first kappa shape index (κ1) is 12.1. The highest BCUT2D eigenvalue weighted by Crippen LogP contribution is 2.41. The molecule has 2 rings (SSSR count). The molecule has 1 heterocycles. The van der Waals surface area contributed by atoms with E-state index in [1.807, 2.05) is 6.07 Å². The molecule has 0 aliphatic carbocycles. The molecule has 0 amide bonds. The molecule has 0 aliphatic rings. The maximum absolute atomic E-state index is 10.9. The van der Waals surface area contributed by atoms with Gasteiger partial charge in [-0.05, 0) is 53.9 Å². The molecule has 0 spiro atoms. The van der Waals surface area contributed by atoms with E-state index in [1.54, 1.807) is 6.20 Å². The van der Waals surface area contributed by atoms with Gasteiger partial charge in [0.05, 0.1) is 10.9 Å². The highest BCUT2D eigenvalue weighted by atomic mass is 79.9. The lowest BCUT2D eigenvalue weighted by Gasteiger charge is -2.04. The molecule has 1 aromatic heterocycles. The van der Waals surface area contributed by atoms with Crippen molar-refractivity contribution in [1.29, 1.82) is 0 Å². The lowest BCUT2D eigenvalue weighted by Crippen LogP contribution is -2.00. The van der Waals surface area contributed by atoms with Gasteiger partial charge in [0.25, 0.3) is 0 Å². The quantitative estimate of drug-likeness (QED) is 0.559. The van der Waals surface area contributed by atoms with E-state index in [2.05, 4.69) is 52.8 Å². The normalized spacial score (nSPS) is 10.8. The highest BCUT2D eigenvalue weighted by Gasteiger charge is 2.14. The SMILES string of the molecule is CC(=O)Oc1c[nH]c2cc(Br)c(Br)c(Br)c12. The van der Waals surface area contributed by atoms with Crippen molar-refractivity contribution in [2.45, 2.75) is 6.92 Å². The summed E-state index contributed by atoms with van der Waals surface area (Å²) in [5.74, 6) is 0.175. The Labute approximate surface area is 117 Å². The first-order valence-electron chi connectivity index (χ1n) is 4.33. The summed E-state index contributed by atoms with van der Waals surface area (Å²) in [5, 5.41) is 0.838. The second kappa shape index (κ2) is 4.50. The van der Waals surface area contributed by atoms with Gasteiger partial charge in [-0.15, -0.1) is 0 Å². The van der Waals surface area contributed by atoms with E-state index >= 15 is 0 Å². The second-order valence-electron chi connectivity index (χ2n) is 3.16. The number of carbonyl (C=O) groups excluding carboxylic acids is 1. The average Bonchev–Trinajstić information content (AvgIpc) is 2.57. The van der Waals surface area contributed by atoms with Gasteiger partial charge in [0.1, 0.15) is 0 Å². The molecular weight excluding hydrogens is 406 g/mol. The fourth-order valence-electron chi connectivity index (χ4n) is 1.40. The maximum atomic E-state index is 10.9. The Balaban J connectivity index is 2.71. The number of fused-ring (bicyclic) bond motifs is 1. The number of halogens is 3. The van der Waals surface area contributed by atoms with Crippen molar-refractivity contribution in [3.63, 3.8) is 0 Å². The largest absolute Gasteiger partial charge is 0.424 e. The third-order valence-electron chi connectivity index (χ3n) is 2.02. The summed E-state index contributed by atoms with van der Waals surface area (Å²) < 4.78 is 7.75. The molecule has 6 heteroatoms. The fourth-order valence-corrected chi connectivity index (χ4v) is 3.03. The summed E-state index contributed by atoms with van der Waals surface area (Å²) in [7, 11) is 0. The van der Waals surface area contributed by atoms with Gasteiger partial charge in [0, 0.05) is 26.5 Å². The Morgan fingerprint density at radius 3 is 2.62 bits per heavy atom. The van der Waals surface area contributed by atoms with Gasteiger partial charge in [0.15, 0.2) is 5.75 Å². The second-order valence-corrected chi connectivity index (χ2v) is 5.60. The van der Waals surface area contributed by atoms with E-state index in [1.165, 1.54) is 6.92 Å². The van der Waals surface area contributed by atoms with Crippen LogP contribution >= 0.6 is 47.8 Å². The zero-order valence-electron chi connectivity index (χ0n) is 8.11. The summed E-state index contributed by atoms with van der Waals surface area (Å²) >= 11 is 10.3. The molecular formula is C10H6Br3NO2. The van der Waals surface area contributed by atoms with Crippen LogP contribution in [-0.2, 0) is 4.79 Å². The van der Waals surface area contributed by atoms with Gasteiger partial charge in [0.2, 0.25) is 0 Å². The monoisotopic (exact) mass is 409 g/mol. The number of hydrogen-bond acceptors (Lipinski definition) is 2. The molecule has 2 aromatic rings. The van der Waals surface area contributed by atoms with E-state index in [4.69, 9.17) is 4.74 Å². The fraction of sp³-hybridized carbons (Fsp3) is 0.100. The number of ether oxygens (including phenoxy) is 1. The Bertz CT molecular complexity index is 577. The molecule has 0 bridgehead atoms. The number of nitrogens with one attached hydrogen (secondary N) is 1. The van der Waals surface area contributed by atoms with Gasteiger partial charge in [-0.25, -0.2) is 0 Å². The summed E-state index contributed by atoms with van der Waals surface area (Å²) in [6, 6.07) is 1.91. The van der Waals surface area contributed by atoms with Crippen LogP contribution in [0.1, 0.15) is 6.92 Å². The Morgan fingerprint density at radius 1 is 1.31 bits per heavy atom. The van der Waals surface area contributed by atoms with Crippen LogP contribution in [0.2, 0.25) is 0 Å². The predicted octanol–water partition coefficient (Wildman–Crippen LogP) is 4.38. The lowest BCUT2D eigenvalue weighted by molar-refractivity contribution is -0.131. The van der Waals surface area contributed by atoms with Crippen LogP contribution in [0.4, 0.5) is 0 Å². The van der Waals surface area contributed by atoms with E-state index in [9.17, 15) is 4.79 Å². The van der Waals surface area contributed by atoms with E-state index in [0.29, 0.717) is 5.75 Å². The van der Waals surface area contributed by atoms with Crippen LogP contribution in [0.3, 0.4) is 0 Å². The van der Waals surface area contributed by atoms with Crippen LogP contribution in [0.5, 0.6) is 5.75 Å². The van der Waals surface area contributed by atoms with Crippen molar-refractivity contribution in [2.24, 2.45) is 0 Å².